The minimum Gasteiger partial charge on any atom is -0.806 e. The second-order valence-electron chi connectivity index (χ2n) is 13.4. The zero-order valence-corrected chi connectivity index (χ0v) is 23.3. The third-order valence-corrected chi connectivity index (χ3v) is 11.6. The van der Waals surface area contributed by atoms with E-state index >= 15 is 5.11 Å². The molecule has 0 amide bonds. The van der Waals surface area contributed by atoms with E-state index in [4.69, 9.17) is 0 Å². The summed E-state index contributed by atoms with van der Waals surface area (Å²) < 4.78 is 0.513. The predicted molar refractivity (Wildman–Crippen MR) is 150 cm³/mol. The van der Waals surface area contributed by atoms with Crippen molar-refractivity contribution in [2.75, 3.05) is 26.2 Å². The highest BCUT2D eigenvalue weighted by atomic mass is 16.3. The molecule has 3 spiro atoms. The Morgan fingerprint density at radius 2 is 1.63 bits per heavy atom. The predicted octanol–water partition coefficient (Wildman–Crippen LogP) is 4.22. The van der Waals surface area contributed by atoms with Crippen molar-refractivity contribution in [3.63, 3.8) is 0 Å². The van der Waals surface area contributed by atoms with Crippen LogP contribution in [0.4, 0.5) is 0 Å². The van der Waals surface area contributed by atoms with E-state index in [0.29, 0.717) is 16.3 Å². The van der Waals surface area contributed by atoms with Crippen LogP contribution in [-0.2, 0) is 0 Å². The summed E-state index contributed by atoms with van der Waals surface area (Å²) in [4.78, 5) is 2.66. The smallest absolute Gasteiger partial charge is 0.147 e. The summed E-state index contributed by atoms with van der Waals surface area (Å²) in [6, 6.07) is 0.0685. The topological polar surface area (TPSA) is 66.8 Å². The van der Waals surface area contributed by atoms with Gasteiger partial charge in [-0.25, -0.2) is 0 Å². The highest BCUT2D eigenvalue weighted by Crippen LogP contribution is 2.73. The van der Waals surface area contributed by atoms with Crippen LogP contribution in [0.15, 0.2) is 48.6 Å². The fourth-order valence-corrected chi connectivity index (χ4v) is 10.6. The average molecular weight is 523 g/mol. The number of aliphatic hydroxyl groups excluding tert-OH is 2. The summed E-state index contributed by atoms with van der Waals surface area (Å²) in [6.07, 6.45) is 28.5. The lowest BCUT2D eigenvalue weighted by molar-refractivity contribution is -1.04. The number of rotatable bonds is 0. The molecule has 38 heavy (non-hydrogen) atoms. The van der Waals surface area contributed by atoms with Crippen molar-refractivity contribution < 1.29 is 19.8 Å². The van der Waals surface area contributed by atoms with E-state index in [0.717, 1.165) is 84.0 Å². The molecule has 6 heterocycles. The average Bonchev–Trinajstić information content (AvgIpc) is 3.20. The van der Waals surface area contributed by atoms with Gasteiger partial charge in [-0.05, 0) is 77.3 Å². The molecular weight excluding hydrogens is 472 g/mol. The molecule has 7 rings (SSSR count). The third kappa shape index (κ3) is 3.98. The Kier molecular flexibility index (Phi) is 7.78. The van der Waals surface area contributed by atoms with Crippen molar-refractivity contribution >= 4 is 0 Å². The van der Waals surface area contributed by atoms with Gasteiger partial charge in [0.2, 0.25) is 0 Å². The van der Waals surface area contributed by atoms with E-state index in [2.05, 4.69) is 35.3 Å². The number of hydrogen-bond acceptors (Lipinski definition) is 4. The van der Waals surface area contributed by atoms with E-state index in [1.54, 1.807) is 6.08 Å². The molecule has 5 nitrogen and oxygen atoms in total. The third-order valence-electron chi connectivity index (χ3n) is 11.6. The fourth-order valence-electron chi connectivity index (χ4n) is 10.6. The van der Waals surface area contributed by atoms with Crippen LogP contribution in [0, 0.1) is 17.3 Å². The first-order chi connectivity index (χ1) is 18.6. The minimum atomic E-state index is -0.950. The molecule has 0 aromatic heterocycles. The van der Waals surface area contributed by atoms with Crippen LogP contribution in [0.25, 0.3) is 0 Å². The second kappa shape index (κ2) is 11.0. The van der Waals surface area contributed by atoms with Crippen molar-refractivity contribution in [3.8, 4) is 0 Å². The van der Waals surface area contributed by atoms with E-state index < -0.39 is 24.0 Å². The van der Waals surface area contributed by atoms with E-state index in [1.807, 2.05) is 12.2 Å². The number of piperidine rings is 2. The normalized spacial score (nSPS) is 50.5. The Labute approximate surface area is 230 Å². The van der Waals surface area contributed by atoms with Crippen molar-refractivity contribution in [2.24, 2.45) is 17.3 Å². The molecule has 7 aliphatic rings. The number of hydrogen-bond donors (Lipinski definition) is 2. The molecule has 4 saturated heterocycles. The van der Waals surface area contributed by atoms with Crippen LogP contribution in [-0.4, -0.2) is 75.8 Å². The van der Waals surface area contributed by atoms with Crippen LogP contribution in [0.5, 0.6) is 0 Å². The molecule has 9 atom stereocenters. The molecule has 7 unspecified atom stereocenters. The van der Waals surface area contributed by atoms with Crippen molar-refractivity contribution in [1.82, 2.24) is 4.90 Å². The monoisotopic (exact) mass is 522 g/mol. The van der Waals surface area contributed by atoms with Gasteiger partial charge in [0.15, 0.2) is 0 Å². The van der Waals surface area contributed by atoms with Gasteiger partial charge in [0, 0.05) is 23.5 Å². The molecule has 1 aliphatic carbocycles. The SMILES string of the molecule is [O-]C1C23CCCCCCC=CCCCN4CCC5C(C2)C[N+]12CCC/C=C\C/C=C\C=C\[C@H](O)[C@@H](O)C52C43. The van der Waals surface area contributed by atoms with Crippen molar-refractivity contribution in [1.29, 1.82) is 0 Å². The molecule has 210 valence electrons. The van der Waals surface area contributed by atoms with Crippen LogP contribution >= 0.6 is 0 Å². The zero-order valence-electron chi connectivity index (χ0n) is 23.3. The Bertz CT molecular complexity index is 960. The zero-order chi connectivity index (χ0) is 26.2. The molecule has 0 aromatic rings. The maximum absolute atomic E-state index is 15.2. The van der Waals surface area contributed by atoms with Crippen molar-refractivity contribution in [3.05, 3.63) is 48.6 Å². The molecule has 6 aliphatic heterocycles. The molecule has 1 saturated carbocycles. The number of aliphatic hydroxyl groups is 2. The number of quaternary nitrogens is 1. The second-order valence-corrected chi connectivity index (χ2v) is 13.4. The van der Waals surface area contributed by atoms with Gasteiger partial charge < -0.3 is 19.8 Å². The molecule has 0 aromatic carbocycles. The van der Waals surface area contributed by atoms with Gasteiger partial charge in [0.1, 0.15) is 17.7 Å². The van der Waals surface area contributed by atoms with Crippen LogP contribution in [0.3, 0.4) is 0 Å². The summed E-state index contributed by atoms with van der Waals surface area (Å²) in [5.74, 6) is 0.823. The number of nitrogens with zero attached hydrogens (tertiary/aromatic N) is 2. The first kappa shape index (κ1) is 27.0. The summed E-state index contributed by atoms with van der Waals surface area (Å²) in [5.41, 5.74) is -0.865. The Hall–Kier alpha value is -1.24. The highest BCUT2D eigenvalue weighted by molar-refractivity contribution is 5.28. The Morgan fingerprint density at radius 1 is 0.842 bits per heavy atom. The highest BCUT2D eigenvalue weighted by Gasteiger charge is 2.86. The van der Waals surface area contributed by atoms with E-state index in [-0.39, 0.29) is 11.5 Å². The lowest BCUT2D eigenvalue weighted by Gasteiger charge is -2.59. The maximum Gasteiger partial charge on any atom is 0.147 e. The molecule has 0 radical (unpaired) electrons. The standard InChI is InChI=1S/C33H50N2O3/c36-28-18-14-10-6-2-5-9-13-17-23-35-25-26-24-32(31(35)38)20-15-11-7-3-1-4-8-12-16-21-34-22-19-27(26)33(35,29(28)37)30(32)34/h4-6,8-10,14,18,26-31,36-37H,1-3,7,11-13,15-17,19-25H2/b8-4?,9-5-,10-6-,18-14+/t26?,27?,28-,29+,30?,31?,32?,33?,35?/m0/s1. The summed E-state index contributed by atoms with van der Waals surface area (Å²) >= 11 is 0. The number of allylic oxidation sites excluding steroid dienone is 7. The largest absolute Gasteiger partial charge is 0.806 e. The lowest BCUT2D eigenvalue weighted by Crippen LogP contribution is -2.77. The lowest BCUT2D eigenvalue weighted by atomic mass is 9.52. The van der Waals surface area contributed by atoms with Crippen LogP contribution in [0.2, 0.25) is 0 Å². The van der Waals surface area contributed by atoms with Gasteiger partial charge in [0.05, 0.1) is 19.1 Å². The summed E-state index contributed by atoms with van der Waals surface area (Å²) in [6.45, 7) is 3.77. The molecule has 6 bridgehead atoms. The first-order valence-corrected chi connectivity index (χ1v) is 15.8. The fraction of sp³-hybridized carbons (Fsp3) is 0.758. The van der Waals surface area contributed by atoms with E-state index in [1.165, 1.54) is 25.7 Å². The van der Waals surface area contributed by atoms with Gasteiger partial charge in [-0.2, -0.15) is 0 Å². The quantitative estimate of drug-likeness (QED) is 0.369. The molecule has 5 fully saturated rings. The first-order valence-electron chi connectivity index (χ1n) is 15.8. The summed E-state index contributed by atoms with van der Waals surface area (Å²) in [5, 5.41) is 39.1. The van der Waals surface area contributed by atoms with Gasteiger partial charge in [-0.3, -0.25) is 4.90 Å². The maximum atomic E-state index is 15.2. The van der Waals surface area contributed by atoms with Crippen LogP contribution < -0.4 is 5.11 Å². The van der Waals surface area contributed by atoms with E-state index in [9.17, 15) is 10.2 Å². The van der Waals surface area contributed by atoms with Crippen LogP contribution in [0.1, 0.15) is 83.5 Å². The minimum absolute atomic E-state index is 0.0685. The van der Waals surface area contributed by atoms with Gasteiger partial charge in [-0.15, -0.1) is 0 Å². The Morgan fingerprint density at radius 3 is 2.53 bits per heavy atom. The van der Waals surface area contributed by atoms with Gasteiger partial charge in [0.25, 0.3) is 0 Å². The molecule has 2 N–H and O–H groups in total. The van der Waals surface area contributed by atoms with Gasteiger partial charge in [-0.1, -0.05) is 67.9 Å². The van der Waals surface area contributed by atoms with Gasteiger partial charge >= 0.3 is 0 Å². The summed E-state index contributed by atoms with van der Waals surface area (Å²) in [7, 11) is 0. The molecule has 5 heteroatoms. The van der Waals surface area contributed by atoms with Crippen molar-refractivity contribution in [2.45, 2.75) is 113 Å². The molecular formula is C33H50N2O3. The Balaban J connectivity index is 1.47.